The molecule has 2 aromatic carbocycles. The summed E-state index contributed by atoms with van der Waals surface area (Å²) in [7, 11) is 0. The molecule has 0 aliphatic rings. The van der Waals surface area contributed by atoms with Crippen LogP contribution in [0, 0.1) is 0 Å². The van der Waals surface area contributed by atoms with Crippen LogP contribution in [0.15, 0.2) is 42.5 Å². The summed E-state index contributed by atoms with van der Waals surface area (Å²) >= 11 is 0. The van der Waals surface area contributed by atoms with E-state index in [4.69, 9.17) is 5.73 Å². The maximum absolute atomic E-state index is 12.1. The number of alkyl halides is 3. The van der Waals surface area contributed by atoms with Gasteiger partial charge >= 0.3 is 6.36 Å². The van der Waals surface area contributed by atoms with E-state index in [1.807, 2.05) is 6.07 Å². The number of aromatic nitrogens is 2. The van der Waals surface area contributed by atoms with Crippen LogP contribution in [0.2, 0.25) is 0 Å². The average molecular weight is 293 g/mol. The van der Waals surface area contributed by atoms with Crippen LogP contribution in [0.3, 0.4) is 0 Å². The van der Waals surface area contributed by atoms with Crippen molar-refractivity contribution in [1.29, 1.82) is 0 Å². The van der Waals surface area contributed by atoms with Gasteiger partial charge in [0, 0.05) is 5.56 Å². The van der Waals surface area contributed by atoms with Gasteiger partial charge in [-0.1, -0.05) is 6.07 Å². The average Bonchev–Trinajstić information content (AvgIpc) is 2.83. The van der Waals surface area contributed by atoms with Gasteiger partial charge in [-0.2, -0.15) is 0 Å². The largest absolute Gasteiger partial charge is 0.573 e. The number of H-pyrrole nitrogens is 1. The number of nitrogens with two attached hydrogens (primary N) is 1. The Morgan fingerprint density at radius 1 is 1.05 bits per heavy atom. The highest BCUT2D eigenvalue weighted by atomic mass is 19.4. The number of aromatic amines is 1. The third kappa shape index (κ3) is 2.76. The highest BCUT2D eigenvalue weighted by molar-refractivity contribution is 5.89. The number of hydrogen-bond donors (Lipinski definition) is 2. The SMILES string of the molecule is Nc1cccc2[nH]c(-c3ccc(OC(F)(F)F)cc3)nc12. The summed E-state index contributed by atoms with van der Waals surface area (Å²) in [6.07, 6.45) is -4.70. The number of halogens is 3. The number of fused-ring (bicyclic) bond motifs is 1. The minimum absolute atomic E-state index is 0.276. The smallest absolute Gasteiger partial charge is 0.406 e. The van der Waals surface area contributed by atoms with Gasteiger partial charge < -0.3 is 15.5 Å². The van der Waals surface area contributed by atoms with E-state index in [2.05, 4.69) is 14.7 Å². The Morgan fingerprint density at radius 3 is 2.38 bits per heavy atom. The standard InChI is InChI=1S/C14H10F3N3O/c15-14(16,17)21-9-6-4-8(5-7-9)13-19-11-3-1-2-10(18)12(11)20-13/h1-7H,18H2,(H,19,20). The van der Waals surface area contributed by atoms with Crippen molar-refractivity contribution in [2.45, 2.75) is 6.36 Å². The van der Waals surface area contributed by atoms with Crippen LogP contribution in [-0.2, 0) is 0 Å². The Bertz CT molecular complexity index is 778. The van der Waals surface area contributed by atoms with Crippen LogP contribution < -0.4 is 10.5 Å². The van der Waals surface area contributed by atoms with E-state index < -0.39 is 6.36 Å². The van der Waals surface area contributed by atoms with E-state index >= 15 is 0 Å². The molecule has 21 heavy (non-hydrogen) atoms. The minimum atomic E-state index is -4.70. The summed E-state index contributed by atoms with van der Waals surface area (Å²) in [5.41, 5.74) is 8.38. The number of nitrogens with one attached hydrogen (secondary N) is 1. The number of hydrogen-bond acceptors (Lipinski definition) is 3. The summed E-state index contributed by atoms with van der Waals surface area (Å²) in [4.78, 5) is 7.41. The van der Waals surface area contributed by atoms with Gasteiger partial charge in [-0.15, -0.1) is 13.2 Å². The zero-order valence-electron chi connectivity index (χ0n) is 10.6. The van der Waals surface area contributed by atoms with Crippen LogP contribution in [0.25, 0.3) is 22.4 Å². The molecule has 0 aliphatic carbocycles. The van der Waals surface area contributed by atoms with E-state index in [-0.39, 0.29) is 5.75 Å². The molecule has 0 atom stereocenters. The molecule has 0 aliphatic heterocycles. The van der Waals surface area contributed by atoms with Gasteiger partial charge in [-0.05, 0) is 36.4 Å². The summed E-state index contributed by atoms with van der Waals surface area (Å²) in [6.45, 7) is 0. The lowest BCUT2D eigenvalue weighted by Gasteiger charge is -2.08. The summed E-state index contributed by atoms with van der Waals surface area (Å²) in [5, 5.41) is 0. The maximum Gasteiger partial charge on any atom is 0.573 e. The highest BCUT2D eigenvalue weighted by Crippen LogP contribution is 2.27. The number of ether oxygens (including phenoxy) is 1. The number of imidazole rings is 1. The Morgan fingerprint density at radius 2 is 1.76 bits per heavy atom. The Hall–Kier alpha value is -2.70. The van der Waals surface area contributed by atoms with Crippen LogP contribution in [0.4, 0.5) is 18.9 Å². The van der Waals surface area contributed by atoms with Crippen molar-refractivity contribution < 1.29 is 17.9 Å². The molecule has 3 N–H and O–H groups in total. The number of rotatable bonds is 2. The van der Waals surface area contributed by atoms with Gasteiger partial charge in [0.1, 0.15) is 17.1 Å². The third-order valence-electron chi connectivity index (χ3n) is 2.91. The van der Waals surface area contributed by atoms with E-state index in [1.165, 1.54) is 24.3 Å². The molecular formula is C14H10F3N3O. The van der Waals surface area contributed by atoms with Crippen LogP contribution in [-0.4, -0.2) is 16.3 Å². The number of nitrogens with zero attached hydrogens (tertiary/aromatic N) is 1. The van der Waals surface area contributed by atoms with Crippen molar-refractivity contribution in [3.8, 4) is 17.1 Å². The lowest BCUT2D eigenvalue weighted by Crippen LogP contribution is -2.16. The molecular weight excluding hydrogens is 283 g/mol. The Labute approximate surface area is 117 Å². The predicted molar refractivity (Wildman–Crippen MR) is 72.6 cm³/mol. The molecule has 7 heteroatoms. The van der Waals surface area contributed by atoms with E-state index in [0.29, 0.717) is 22.6 Å². The Balaban J connectivity index is 1.94. The fourth-order valence-corrected chi connectivity index (χ4v) is 2.01. The van der Waals surface area contributed by atoms with Crippen molar-refractivity contribution in [2.24, 2.45) is 0 Å². The quantitative estimate of drug-likeness (QED) is 0.708. The molecule has 0 amide bonds. The van der Waals surface area contributed by atoms with Crippen LogP contribution >= 0.6 is 0 Å². The molecule has 4 nitrogen and oxygen atoms in total. The van der Waals surface area contributed by atoms with E-state index in [1.54, 1.807) is 12.1 Å². The molecule has 0 fully saturated rings. The van der Waals surface area contributed by atoms with Gasteiger partial charge in [0.25, 0.3) is 0 Å². The molecule has 108 valence electrons. The second-order valence-electron chi connectivity index (χ2n) is 4.40. The van der Waals surface area contributed by atoms with Crippen molar-refractivity contribution in [3.05, 3.63) is 42.5 Å². The molecule has 0 saturated heterocycles. The summed E-state index contributed by atoms with van der Waals surface area (Å²) in [5.74, 6) is 0.253. The number of para-hydroxylation sites is 1. The molecule has 0 spiro atoms. The molecule has 3 rings (SSSR count). The van der Waals surface area contributed by atoms with Crippen LogP contribution in [0.5, 0.6) is 5.75 Å². The monoisotopic (exact) mass is 293 g/mol. The van der Waals surface area contributed by atoms with Gasteiger partial charge in [-0.3, -0.25) is 0 Å². The minimum Gasteiger partial charge on any atom is -0.406 e. The lowest BCUT2D eigenvalue weighted by atomic mass is 10.2. The van der Waals surface area contributed by atoms with Gasteiger partial charge in [-0.25, -0.2) is 4.98 Å². The zero-order chi connectivity index (χ0) is 15.0. The zero-order valence-corrected chi connectivity index (χ0v) is 10.6. The fraction of sp³-hybridized carbons (Fsp3) is 0.0714. The van der Waals surface area contributed by atoms with E-state index in [0.717, 1.165) is 5.52 Å². The lowest BCUT2D eigenvalue weighted by molar-refractivity contribution is -0.274. The number of benzene rings is 2. The van der Waals surface area contributed by atoms with Crippen molar-refractivity contribution in [3.63, 3.8) is 0 Å². The fourth-order valence-electron chi connectivity index (χ4n) is 2.01. The molecule has 0 radical (unpaired) electrons. The number of anilines is 1. The second-order valence-corrected chi connectivity index (χ2v) is 4.40. The molecule has 1 heterocycles. The van der Waals surface area contributed by atoms with Gasteiger partial charge in [0.15, 0.2) is 0 Å². The second kappa shape index (κ2) is 4.69. The van der Waals surface area contributed by atoms with Crippen molar-refractivity contribution >= 4 is 16.7 Å². The summed E-state index contributed by atoms with van der Waals surface area (Å²) < 4.78 is 40.1. The normalized spacial score (nSPS) is 11.8. The first-order valence-electron chi connectivity index (χ1n) is 6.03. The molecule has 3 aromatic rings. The Kier molecular flexibility index (Phi) is 2.97. The van der Waals surface area contributed by atoms with Gasteiger partial charge in [0.2, 0.25) is 0 Å². The van der Waals surface area contributed by atoms with Crippen molar-refractivity contribution in [2.75, 3.05) is 5.73 Å². The molecule has 1 aromatic heterocycles. The molecule has 0 bridgehead atoms. The van der Waals surface area contributed by atoms with Gasteiger partial charge in [0.05, 0.1) is 11.2 Å². The number of nitrogen functional groups attached to an aromatic ring is 1. The van der Waals surface area contributed by atoms with Crippen molar-refractivity contribution in [1.82, 2.24) is 9.97 Å². The predicted octanol–water partition coefficient (Wildman–Crippen LogP) is 3.71. The summed E-state index contributed by atoms with van der Waals surface area (Å²) in [6, 6.07) is 10.8. The third-order valence-corrected chi connectivity index (χ3v) is 2.91. The topological polar surface area (TPSA) is 63.9 Å². The first-order valence-corrected chi connectivity index (χ1v) is 6.03. The maximum atomic E-state index is 12.1. The van der Waals surface area contributed by atoms with E-state index in [9.17, 15) is 13.2 Å². The first-order chi connectivity index (χ1) is 9.92. The molecule has 0 saturated carbocycles. The molecule has 0 unspecified atom stereocenters. The highest BCUT2D eigenvalue weighted by Gasteiger charge is 2.30. The van der Waals surface area contributed by atoms with Crippen LogP contribution in [0.1, 0.15) is 0 Å². The first kappa shape index (κ1) is 13.3.